The van der Waals surface area contributed by atoms with Crippen LogP contribution in [0.4, 0.5) is 0 Å². The summed E-state index contributed by atoms with van der Waals surface area (Å²) >= 11 is 0. The van der Waals surface area contributed by atoms with Gasteiger partial charge >= 0.3 is 0 Å². The average molecular weight is 328 g/mol. The topological polar surface area (TPSA) is 75.8 Å². The first-order chi connectivity index (χ1) is 11.7. The van der Waals surface area contributed by atoms with Crippen molar-refractivity contribution >= 4 is 5.91 Å². The molecule has 3 heterocycles. The maximum Gasteiger partial charge on any atom is 0.292 e. The number of nitrogens with zero attached hydrogens (tertiary/aromatic N) is 2. The summed E-state index contributed by atoms with van der Waals surface area (Å²) in [5.74, 6) is 1.36. The number of ether oxygens (including phenoxy) is 1. The molecule has 1 aromatic heterocycles. The van der Waals surface area contributed by atoms with E-state index in [1.54, 1.807) is 11.0 Å². The lowest BCUT2D eigenvalue weighted by Gasteiger charge is -2.30. The van der Waals surface area contributed by atoms with Crippen LogP contribution in [0.5, 0.6) is 5.75 Å². The number of aliphatic hydroxyl groups is 1. The molecule has 0 saturated carbocycles. The van der Waals surface area contributed by atoms with Crippen LogP contribution in [-0.4, -0.2) is 47.4 Å². The van der Waals surface area contributed by atoms with Gasteiger partial charge in [0.15, 0.2) is 0 Å². The SMILES string of the molecule is O=C(c1cc(-c2ccc3c(c2)CCO3)no1)N1CCC(CO)CC1. The normalized spacial score (nSPS) is 17.6. The number of benzene rings is 1. The maximum atomic E-state index is 12.5. The van der Waals surface area contributed by atoms with Crippen LogP contribution < -0.4 is 4.74 Å². The van der Waals surface area contributed by atoms with Crippen molar-refractivity contribution in [3.8, 4) is 17.0 Å². The number of rotatable bonds is 3. The molecule has 1 fully saturated rings. The highest BCUT2D eigenvalue weighted by Crippen LogP contribution is 2.30. The van der Waals surface area contributed by atoms with Gasteiger partial charge in [-0.15, -0.1) is 0 Å². The summed E-state index contributed by atoms with van der Waals surface area (Å²) in [5, 5.41) is 13.2. The third kappa shape index (κ3) is 2.78. The van der Waals surface area contributed by atoms with Crippen LogP contribution in [0.25, 0.3) is 11.3 Å². The van der Waals surface area contributed by atoms with Crippen LogP contribution in [0.15, 0.2) is 28.8 Å². The minimum absolute atomic E-state index is 0.130. The molecule has 6 heteroatoms. The highest BCUT2D eigenvalue weighted by molar-refractivity contribution is 5.92. The molecule has 0 bridgehead atoms. The van der Waals surface area contributed by atoms with E-state index in [0.29, 0.717) is 31.3 Å². The Morgan fingerprint density at radius 1 is 1.29 bits per heavy atom. The minimum atomic E-state index is -0.130. The Balaban J connectivity index is 1.49. The maximum absolute atomic E-state index is 12.5. The second-order valence-electron chi connectivity index (χ2n) is 6.42. The summed E-state index contributed by atoms with van der Waals surface area (Å²) in [6, 6.07) is 7.62. The van der Waals surface area contributed by atoms with E-state index in [-0.39, 0.29) is 18.3 Å². The van der Waals surface area contributed by atoms with Crippen LogP contribution >= 0.6 is 0 Å². The highest BCUT2D eigenvalue weighted by Gasteiger charge is 2.26. The van der Waals surface area contributed by atoms with Crippen molar-refractivity contribution in [2.24, 2.45) is 5.92 Å². The van der Waals surface area contributed by atoms with Gasteiger partial charge in [-0.1, -0.05) is 5.16 Å². The lowest BCUT2D eigenvalue weighted by atomic mass is 9.98. The molecule has 126 valence electrons. The minimum Gasteiger partial charge on any atom is -0.493 e. The molecule has 2 aliphatic rings. The molecule has 4 rings (SSSR count). The van der Waals surface area contributed by atoms with Crippen LogP contribution in [0.3, 0.4) is 0 Å². The monoisotopic (exact) mass is 328 g/mol. The van der Waals surface area contributed by atoms with Gasteiger partial charge in [-0.2, -0.15) is 0 Å². The average Bonchev–Trinajstić information content (AvgIpc) is 3.29. The number of hydrogen-bond donors (Lipinski definition) is 1. The van der Waals surface area contributed by atoms with E-state index < -0.39 is 0 Å². The van der Waals surface area contributed by atoms with E-state index >= 15 is 0 Å². The second-order valence-corrected chi connectivity index (χ2v) is 6.42. The number of aliphatic hydroxyl groups excluding tert-OH is 1. The molecular weight excluding hydrogens is 308 g/mol. The summed E-state index contributed by atoms with van der Waals surface area (Å²) in [6.07, 6.45) is 2.55. The molecule has 1 saturated heterocycles. The van der Waals surface area contributed by atoms with Gasteiger partial charge in [0.25, 0.3) is 5.91 Å². The van der Waals surface area contributed by atoms with Crippen LogP contribution in [0, 0.1) is 5.92 Å². The Hall–Kier alpha value is -2.34. The zero-order valence-electron chi connectivity index (χ0n) is 13.4. The molecule has 2 aliphatic heterocycles. The Bertz CT molecular complexity index is 747. The Morgan fingerprint density at radius 3 is 2.92 bits per heavy atom. The van der Waals surface area contributed by atoms with Crippen molar-refractivity contribution in [2.45, 2.75) is 19.3 Å². The van der Waals surface area contributed by atoms with Gasteiger partial charge in [-0.05, 0) is 42.5 Å². The summed E-state index contributed by atoms with van der Waals surface area (Å²) in [6.45, 7) is 2.20. The summed E-state index contributed by atoms with van der Waals surface area (Å²) in [5.41, 5.74) is 2.76. The van der Waals surface area contributed by atoms with Gasteiger partial charge in [0.05, 0.1) is 6.61 Å². The molecule has 1 amide bonds. The van der Waals surface area contributed by atoms with E-state index in [0.717, 1.165) is 36.1 Å². The third-order valence-corrected chi connectivity index (χ3v) is 4.87. The zero-order valence-corrected chi connectivity index (χ0v) is 13.4. The largest absolute Gasteiger partial charge is 0.493 e. The molecule has 1 N–H and O–H groups in total. The molecule has 0 aliphatic carbocycles. The number of carbonyl (C=O) groups is 1. The summed E-state index contributed by atoms with van der Waals surface area (Å²) in [7, 11) is 0. The second kappa shape index (κ2) is 6.28. The Labute approximate surface area is 140 Å². The lowest BCUT2D eigenvalue weighted by Crippen LogP contribution is -2.39. The molecular formula is C18H20N2O4. The van der Waals surface area contributed by atoms with Crippen molar-refractivity contribution < 1.29 is 19.2 Å². The molecule has 6 nitrogen and oxygen atoms in total. The number of fused-ring (bicyclic) bond motifs is 1. The van der Waals surface area contributed by atoms with E-state index in [1.807, 2.05) is 18.2 Å². The quantitative estimate of drug-likeness (QED) is 0.934. The number of amides is 1. The molecule has 1 aromatic carbocycles. The van der Waals surface area contributed by atoms with Gasteiger partial charge in [0.1, 0.15) is 11.4 Å². The van der Waals surface area contributed by atoms with E-state index in [4.69, 9.17) is 9.26 Å². The summed E-state index contributed by atoms with van der Waals surface area (Å²) in [4.78, 5) is 14.3. The van der Waals surface area contributed by atoms with Gasteiger partial charge < -0.3 is 19.3 Å². The van der Waals surface area contributed by atoms with Crippen molar-refractivity contribution in [1.82, 2.24) is 10.1 Å². The summed E-state index contributed by atoms with van der Waals surface area (Å²) < 4.78 is 10.8. The van der Waals surface area contributed by atoms with Crippen molar-refractivity contribution in [1.29, 1.82) is 0 Å². The van der Waals surface area contributed by atoms with E-state index in [2.05, 4.69) is 5.16 Å². The highest BCUT2D eigenvalue weighted by atomic mass is 16.5. The van der Waals surface area contributed by atoms with Gasteiger partial charge in [0.2, 0.25) is 5.76 Å². The number of carbonyl (C=O) groups excluding carboxylic acids is 1. The van der Waals surface area contributed by atoms with Crippen molar-refractivity contribution in [2.75, 3.05) is 26.3 Å². The molecule has 0 radical (unpaired) electrons. The zero-order chi connectivity index (χ0) is 16.5. The first-order valence-electron chi connectivity index (χ1n) is 8.37. The molecule has 0 atom stereocenters. The first-order valence-corrected chi connectivity index (χ1v) is 8.37. The van der Waals surface area contributed by atoms with Gasteiger partial charge in [-0.25, -0.2) is 0 Å². The fourth-order valence-corrected chi connectivity index (χ4v) is 3.33. The third-order valence-electron chi connectivity index (χ3n) is 4.87. The standard InChI is InChI=1S/C18H20N2O4/c21-11-12-3-6-20(7-4-12)18(22)17-10-15(19-24-17)13-1-2-16-14(9-13)5-8-23-16/h1-2,9-10,12,21H,3-8,11H2. The van der Waals surface area contributed by atoms with Crippen LogP contribution in [0.2, 0.25) is 0 Å². The van der Waals surface area contributed by atoms with Gasteiger partial charge in [0, 0.05) is 37.7 Å². The first kappa shape index (κ1) is 15.2. The van der Waals surface area contributed by atoms with E-state index in [9.17, 15) is 9.90 Å². The van der Waals surface area contributed by atoms with Crippen LogP contribution in [-0.2, 0) is 6.42 Å². The van der Waals surface area contributed by atoms with E-state index in [1.165, 1.54) is 0 Å². The number of likely N-dealkylation sites (tertiary alicyclic amines) is 1. The van der Waals surface area contributed by atoms with Crippen LogP contribution in [0.1, 0.15) is 29.0 Å². The molecule has 0 spiro atoms. The fraction of sp³-hybridized carbons (Fsp3) is 0.444. The van der Waals surface area contributed by atoms with Crippen molar-refractivity contribution in [3.63, 3.8) is 0 Å². The molecule has 2 aromatic rings. The predicted molar refractivity (Wildman–Crippen MR) is 86.9 cm³/mol. The number of piperidine rings is 1. The number of hydrogen-bond acceptors (Lipinski definition) is 5. The fourth-order valence-electron chi connectivity index (χ4n) is 3.33. The van der Waals surface area contributed by atoms with Crippen molar-refractivity contribution in [3.05, 3.63) is 35.6 Å². The Morgan fingerprint density at radius 2 is 2.12 bits per heavy atom. The molecule has 24 heavy (non-hydrogen) atoms. The number of aromatic nitrogens is 1. The Kier molecular flexibility index (Phi) is 3.98. The molecule has 0 unspecified atom stereocenters. The smallest absolute Gasteiger partial charge is 0.292 e. The lowest BCUT2D eigenvalue weighted by molar-refractivity contribution is 0.0611. The predicted octanol–water partition coefficient (Wildman–Crippen LogP) is 2.12. The van der Waals surface area contributed by atoms with Gasteiger partial charge in [-0.3, -0.25) is 4.79 Å².